The summed E-state index contributed by atoms with van der Waals surface area (Å²) in [6, 6.07) is 8.31. The highest BCUT2D eigenvalue weighted by atomic mass is 32.1. The van der Waals surface area contributed by atoms with Gasteiger partial charge in [0, 0.05) is 25.5 Å². The molecule has 1 aromatic carbocycles. The first-order valence-electron chi connectivity index (χ1n) is 10.3. The highest BCUT2D eigenvalue weighted by molar-refractivity contribution is 7.71. The van der Waals surface area contributed by atoms with E-state index >= 15 is 0 Å². The van der Waals surface area contributed by atoms with Crippen LogP contribution >= 0.6 is 12.2 Å². The molecule has 2 heterocycles. The Hall–Kier alpha value is -2.03. The predicted octanol–water partition coefficient (Wildman–Crippen LogP) is 1.85. The standard InChI is InChI=1S/C21H30N4O3S/c1-4-28-20(26)17-8-10-23(11-9-17)15-25-21(29)24(12-13-27-3)19(22-25)18-7-5-6-16(2)14-18/h5-7,14,17H,4,8-13,15H2,1-3H3/p+1. The van der Waals surface area contributed by atoms with E-state index in [4.69, 9.17) is 26.8 Å². The Morgan fingerprint density at radius 3 is 2.76 bits per heavy atom. The molecular weight excluding hydrogens is 388 g/mol. The van der Waals surface area contributed by atoms with Crippen molar-refractivity contribution >= 4 is 18.2 Å². The first-order chi connectivity index (χ1) is 14.0. The highest BCUT2D eigenvalue weighted by Crippen LogP contribution is 2.19. The van der Waals surface area contributed by atoms with Gasteiger partial charge in [-0.15, -0.1) is 5.10 Å². The fraction of sp³-hybridized carbons (Fsp3) is 0.571. The number of rotatable bonds is 8. The van der Waals surface area contributed by atoms with E-state index in [1.54, 1.807) is 7.11 Å². The van der Waals surface area contributed by atoms with Crippen LogP contribution in [0, 0.1) is 17.6 Å². The Bertz CT molecular complexity index is 884. The van der Waals surface area contributed by atoms with Gasteiger partial charge in [-0.3, -0.25) is 9.36 Å². The van der Waals surface area contributed by atoms with E-state index in [-0.39, 0.29) is 11.9 Å². The zero-order valence-corrected chi connectivity index (χ0v) is 18.3. The molecule has 1 fully saturated rings. The number of likely N-dealkylation sites (tertiary alicyclic amines) is 1. The van der Waals surface area contributed by atoms with E-state index in [0.717, 1.165) is 37.3 Å². The molecule has 0 aliphatic carbocycles. The summed E-state index contributed by atoms with van der Waals surface area (Å²) >= 11 is 5.75. The summed E-state index contributed by atoms with van der Waals surface area (Å²) in [5, 5.41) is 4.86. The highest BCUT2D eigenvalue weighted by Gasteiger charge is 2.29. The summed E-state index contributed by atoms with van der Waals surface area (Å²) in [5.74, 6) is 0.832. The number of quaternary nitrogens is 1. The second-order valence-corrected chi connectivity index (χ2v) is 7.92. The van der Waals surface area contributed by atoms with E-state index in [1.165, 1.54) is 10.5 Å². The molecule has 29 heavy (non-hydrogen) atoms. The van der Waals surface area contributed by atoms with Crippen LogP contribution in [-0.2, 0) is 27.5 Å². The van der Waals surface area contributed by atoms with Gasteiger partial charge in [0.25, 0.3) is 0 Å². The van der Waals surface area contributed by atoms with Crippen LogP contribution < -0.4 is 4.90 Å². The molecule has 0 saturated carbocycles. The molecule has 1 aliphatic heterocycles. The lowest BCUT2D eigenvalue weighted by Crippen LogP contribution is -3.12. The Kier molecular flexibility index (Phi) is 7.57. The second-order valence-electron chi connectivity index (χ2n) is 7.55. The Morgan fingerprint density at radius 1 is 1.34 bits per heavy atom. The minimum atomic E-state index is -0.0614. The van der Waals surface area contributed by atoms with E-state index < -0.39 is 0 Å². The van der Waals surface area contributed by atoms with Crippen molar-refractivity contribution in [3.8, 4) is 11.4 Å². The number of benzene rings is 1. The molecule has 158 valence electrons. The number of nitrogens with one attached hydrogen (secondary N) is 1. The van der Waals surface area contributed by atoms with Crippen molar-refractivity contribution in [2.24, 2.45) is 5.92 Å². The quantitative estimate of drug-likeness (QED) is 0.523. The maximum Gasteiger partial charge on any atom is 0.309 e. The first kappa shape index (κ1) is 21.7. The molecule has 0 bridgehead atoms. The maximum absolute atomic E-state index is 12.0. The Morgan fingerprint density at radius 2 is 2.10 bits per heavy atom. The molecule has 1 aromatic heterocycles. The van der Waals surface area contributed by atoms with Gasteiger partial charge in [-0.25, -0.2) is 0 Å². The third kappa shape index (κ3) is 5.32. The molecule has 2 aromatic rings. The lowest BCUT2D eigenvalue weighted by atomic mass is 9.97. The van der Waals surface area contributed by atoms with Crippen LogP contribution in [-0.4, -0.2) is 53.7 Å². The van der Waals surface area contributed by atoms with E-state index in [2.05, 4.69) is 29.7 Å². The number of hydrogen-bond acceptors (Lipinski definition) is 5. The van der Waals surface area contributed by atoms with Gasteiger partial charge in [0.2, 0.25) is 4.77 Å². The third-order valence-corrected chi connectivity index (χ3v) is 5.84. The Balaban J connectivity index is 1.76. The number of hydrogen-bond donors (Lipinski definition) is 1. The van der Waals surface area contributed by atoms with Crippen molar-refractivity contribution in [1.29, 1.82) is 0 Å². The SMILES string of the molecule is CCOC(=O)C1CC[NH+](Cn2nc(-c3cccc(C)c3)n(CCOC)c2=S)CC1. The molecule has 0 amide bonds. The maximum atomic E-state index is 12.0. The van der Waals surface area contributed by atoms with Gasteiger partial charge < -0.3 is 14.4 Å². The van der Waals surface area contributed by atoms with Crippen molar-refractivity contribution in [2.75, 3.05) is 33.4 Å². The second kappa shape index (κ2) is 10.1. The first-order valence-corrected chi connectivity index (χ1v) is 10.7. The van der Waals surface area contributed by atoms with Crippen LogP contribution in [0.5, 0.6) is 0 Å². The van der Waals surface area contributed by atoms with Crippen LogP contribution in [0.3, 0.4) is 0 Å². The number of methoxy groups -OCH3 is 1. The van der Waals surface area contributed by atoms with Gasteiger partial charge in [0.05, 0.1) is 38.8 Å². The van der Waals surface area contributed by atoms with Crippen molar-refractivity contribution in [2.45, 2.75) is 39.9 Å². The fourth-order valence-electron chi connectivity index (χ4n) is 3.82. The van der Waals surface area contributed by atoms with Crippen LogP contribution in [0.15, 0.2) is 24.3 Å². The minimum Gasteiger partial charge on any atom is -0.466 e. The number of carbonyl (C=O) groups excluding carboxylic acids is 1. The van der Waals surface area contributed by atoms with Crippen molar-refractivity contribution < 1.29 is 19.2 Å². The zero-order valence-electron chi connectivity index (χ0n) is 17.5. The summed E-state index contributed by atoms with van der Waals surface area (Å²) in [5.41, 5.74) is 2.25. The monoisotopic (exact) mass is 419 g/mol. The fourth-order valence-corrected chi connectivity index (χ4v) is 4.10. The van der Waals surface area contributed by atoms with Gasteiger partial charge in [0.15, 0.2) is 12.5 Å². The average molecular weight is 420 g/mol. The molecule has 3 rings (SSSR count). The molecule has 0 atom stereocenters. The molecular formula is C21H31N4O3S+. The third-order valence-electron chi connectivity index (χ3n) is 5.40. The summed E-state index contributed by atoms with van der Waals surface area (Å²) < 4.78 is 15.1. The molecule has 1 N–H and O–H groups in total. The molecule has 1 aliphatic rings. The van der Waals surface area contributed by atoms with E-state index in [0.29, 0.717) is 31.2 Å². The van der Waals surface area contributed by atoms with E-state index in [9.17, 15) is 4.79 Å². The number of ether oxygens (including phenoxy) is 2. The smallest absolute Gasteiger partial charge is 0.309 e. The number of carbonyl (C=O) groups is 1. The van der Waals surface area contributed by atoms with Crippen molar-refractivity contribution in [3.05, 3.63) is 34.6 Å². The van der Waals surface area contributed by atoms with Gasteiger partial charge in [0.1, 0.15) is 0 Å². The summed E-state index contributed by atoms with van der Waals surface area (Å²) in [7, 11) is 1.69. The molecule has 0 unspecified atom stereocenters. The van der Waals surface area contributed by atoms with Crippen LogP contribution in [0.4, 0.5) is 0 Å². The number of esters is 1. The summed E-state index contributed by atoms with van der Waals surface area (Å²) in [4.78, 5) is 13.4. The molecule has 0 radical (unpaired) electrons. The zero-order chi connectivity index (χ0) is 20.8. The topological polar surface area (TPSA) is 62.7 Å². The summed E-state index contributed by atoms with van der Waals surface area (Å²) in [6.07, 6.45) is 1.69. The normalized spacial score (nSPS) is 19.3. The number of piperidine rings is 1. The van der Waals surface area contributed by atoms with Crippen LogP contribution in [0.25, 0.3) is 11.4 Å². The predicted molar refractivity (Wildman–Crippen MR) is 113 cm³/mol. The van der Waals surface area contributed by atoms with Gasteiger partial charge >= 0.3 is 5.97 Å². The lowest BCUT2D eigenvalue weighted by molar-refractivity contribution is -0.929. The average Bonchev–Trinajstić information content (AvgIpc) is 3.02. The van der Waals surface area contributed by atoms with Gasteiger partial charge in [-0.1, -0.05) is 23.8 Å². The summed E-state index contributed by atoms with van der Waals surface area (Å²) in [6.45, 7) is 8.15. The molecule has 0 spiro atoms. The molecule has 8 heteroatoms. The molecule has 7 nitrogen and oxygen atoms in total. The van der Waals surface area contributed by atoms with Crippen molar-refractivity contribution in [1.82, 2.24) is 14.3 Å². The number of aromatic nitrogens is 3. The van der Waals surface area contributed by atoms with Crippen LogP contribution in [0.2, 0.25) is 0 Å². The van der Waals surface area contributed by atoms with Gasteiger partial charge in [-0.2, -0.15) is 4.68 Å². The number of aryl methyl sites for hydroxylation is 1. The molecule has 1 saturated heterocycles. The van der Waals surface area contributed by atoms with Gasteiger partial charge in [-0.05, 0) is 32.1 Å². The Labute approximate surface area is 177 Å². The largest absolute Gasteiger partial charge is 0.466 e. The minimum absolute atomic E-state index is 0.0220. The number of nitrogens with zero attached hydrogens (tertiary/aromatic N) is 3. The lowest BCUT2D eigenvalue weighted by Gasteiger charge is -2.27. The van der Waals surface area contributed by atoms with Crippen molar-refractivity contribution in [3.63, 3.8) is 0 Å². The van der Waals surface area contributed by atoms with E-state index in [1.807, 2.05) is 17.7 Å². The van der Waals surface area contributed by atoms with Crippen LogP contribution in [0.1, 0.15) is 25.3 Å².